The van der Waals surface area contributed by atoms with Gasteiger partial charge in [0, 0.05) is 6.54 Å². The highest BCUT2D eigenvalue weighted by Gasteiger charge is 2.23. The van der Waals surface area contributed by atoms with Crippen LogP contribution < -0.4 is 10.6 Å². The minimum absolute atomic E-state index is 0.0756. The molecule has 1 atom stereocenters. The quantitative estimate of drug-likeness (QED) is 0.697. The summed E-state index contributed by atoms with van der Waals surface area (Å²) < 4.78 is 0. The molecule has 0 bridgehead atoms. The molecule has 1 amide bonds. The van der Waals surface area contributed by atoms with E-state index >= 15 is 0 Å². The first-order valence-electron chi connectivity index (χ1n) is 6.88. The van der Waals surface area contributed by atoms with E-state index in [0.717, 1.165) is 25.1 Å². The first kappa shape index (κ1) is 15.7. The van der Waals surface area contributed by atoms with Crippen LogP contribution in [0.25, 0.3) is 0 Å². The molecule has 0 aliphatic rings. The van der Waals surface area contributed by atoms with Crippen molar-refractivity contribution in [3.8, 4) is 0 Å². The van der Waals surface area contributed by atoms with Crippen LogP contribution in [-0.2, 0) is 4.79 Å². The molecule has 4 heteroatoms. The zero-order valence-corrected chi connectivity index (χ0v) is 12.1. The molecule has 19 heavy (non-hydrogen) atoms. The summed E-state index contributed by atoms with van der Waals surface area (Å²) in [6, 6.07) is 9.71. The maximum Gasteiger partial charge on any atom is 0.241 e. The zero-order chi connectivity index (χ0) is 14.1. The molecule has 0 radical (unpaired) electrons. The highest BCUT2D eigenvalue weighted by Crippen LogP contribution is 2.18. The molecule has 0 aliphatic heterocycles. The van der Waals surface area contributed by atoms with Crippen molar-refractivity contribution in [2.45, 2.75) is 19.4 Å². The lowest BCUT2D eigenvalue weighted by atomic mass is 10.0. The van der Waals surface area contributed by atoms with E-state index in [4.69, 9.17) is 0 Å². The van der Waals surface area contributed by atoms with Gasteiger partial charge in [0.2, 0.25) is 5.91 Å². The smallest absolute Gasteiger partial charge is 0.241 e. The maximum absolute atomic E-state index is 12.3. The van der Waals surface area contributed by atoms with Gasteiger partial charge in [0.05, 0.1) is 0 Å². The number of nitrogens with one attached hydrogen (secondary N) is 2. The Labute approximate surface area is 116 Å². The van der Waals surface area contributed by atoms with Crippen molar-refractivity contribution in [3.05, 3.63) is 35.9 Å². The third-order valence-electron chi connectivity index (χ3n) is 3.21. The summed E-state index contributed by atoms with van der Waals surface area (Å²) in [5, 5.41) is 6.09. The fraction of sp³-hybridized carbons (Fsp3) is 0.533. The normalized spacial score (nSPS) is 12.4. The van der Waals surface area contributed by atoms with E-state index in [2.05, 4.69) is 22.5 Å². The van der Waals surface area contributed by atoms with Gasteiger partial charge in [0.15, 0.2) is 0 Å². The van der Waals surface area contributed by atoms with Gasteiger partial charge in [-0.15, -0.1) is 0 Å². The van der Waals surface area contributed by atoms with Crippen LogP contribution in [0.15, 0.2) is 30.3 Å². The van der Waals surface area contributed by atoms with Crippen LogP contribution >= 0.6 is 0 Å². The summed E-state index contributed by atoms with van der Waals surface area (Å²) in [5.74, 6) is 0.0756. The van der Waals surface area contributed by atoms with E-state index in [0.29, 0.717) is 6.54 Å². The molecule has 0 aliphatic carbocycles. The number of rotatable bonds is 8. The molecule has 0 saturated heterocycles. The van der Waals surface area contributed by atoms with Crippen molar-refractivity contribution >= 4 is 5.91 Å². The van der Waals surface area contributed by atoms with Gasteiger partial charge in [-0.25, -0.2) is 0 Å². The Hall–Kier alpha value is -1.39. The Morgan fingerprint density at radius 1 is 1.26 bits per heavy atom. The van der Waals surface area contributed by atoms with Crippen LogP contribution in [-0.4, -0.2) is 44.5 Å². The molecule has 1 aromatic rings. The second-order valence-electron chi connectivity index (χ2n) is 4.63. The summed E-state index contributed by atoms with van der Waals surface area (Å²) in [6.45, 7) is 4.52. The maximum atomic E-state index is 12.3. The van der Waals surface area contributed by atoms with E-state index in [1.807, 2.05) is 44.4 Å². The molecule has 1 aromatic carbocycles. The molecular weight excluding hydrogens is 238 g/mol. The highest BCUT2D eigenvalue weighted by atomic mass is 16.2. The standard InChI is InChI=1S/C15H25N3O/c1-4-18(3)14(13-9-6-5-7-10-13)15(19)17-12-8-11-16-2/h5-7,9-10,14,16H,4,8,11-12H2,1-3H3,(H,17,19). The largest absolute Gasteiger partial charge is 0.354 e. The molecule has 1 unspecified atom stereocenters. The van der Waals surface area contributed by atoms with E-state index in [9.17, 15) is 4.79 Å². The molecule has 0 fully saturated rings. The second-order valence-corrected chi connectivity index (χ2v) is 4.63. The number of carbonyl (C=O) groups is 1. The fourth-order valence-corrected chi connectivity index (χ4v) is 2.00. The highest BCUT2D eigenvalue weighted by molar-refractivity contribution is 5.83. The average molecular weight is 263 g/mol. The summed E-state index contributed by atoms with van der Waals surface area (Å²) in [6.07, 6.45) is 0.944. The van der Waals surface area contributed by atoms with Crippen molar-refractivity contribution in [1.82, 2.24) is 15.5 Å². The van der Waals surface area contributed by atoms with Crippen LogP contribution in [0.4, 0.5) is 0 Å². The van der Waals surface area contributed by atoms with E-state index < -0.39 is 0 Å². The molecule has 0 spiro atoms. The van der Waals surface area contributed by atoms with E-state index in [1.54, 1.807) is 0 Å². The van der Waals surface area contributed by atoms with Crippen LogP contribution in [0.5, 0.6) is 0 Å². The van der Waals surface area contributed by atoms with Gasteiger partial charge < -0.3 is 10.6 Å². The number of nitrogens with zero attached hydrogens (tertiary/aromatic N) is 1. The summed E-state index contributed by atoms with van der Waals surface area (Å²) in [7, 11) is 3.89. The lowest BCUT2D eigenvalue weighted by molar-refractivity contribution is -0.126. The molecule has 4 nitrogen and oxygen atoms in total. The minimum Gasteiger partial charge on any atom is -0.354 e. The monoisotopic (exact) mass is 263 g/mol. The summed E-state index contributed by atoms with van der Waals surface area (Å²) >= 11 is 0. The number of benzene rings is 1. The van der Waals surface area contributed by atoms with Gasteiger partial charge in [-0.3, -0.25) is 9.69 Å². The van der Waals surface area contributed by atoms with Crippen molar-refractivity contribution < 1.29 is 4.79 Å². The van der Waals surface area contributed by atoms with Crippen LogP contribution in [0.1, 0.15) is 24.9 Å². The molecule has 0 heterocycles. The van der Waals surface area contributed by atoms with E-state index in [-0.39, 0.29) is 11.9 Å². The van der Waals surface area contributed by atoms with Crippen molar-refractivity contribution in [1.29, 1.82) is 0 Å². The molecule has 1 rings (SSSR count). The molecule has 2 N–H and O–H groups in total. The van der Waals surface area contributed by atoms with Gasteiger partial charge in [0.1, 0.15) is 6.04 Å². The van der Waals surface area contributed by atoms with Gasteiger partial charge in [0.25, 0.3) is 0 Å². The number of carbonyl (C=O) groups excluding carboxylic acids is 1. The van der Waals surface area contributed by atoms with Gasteiger partial charge in [-0.1, -0.05) is 37.3 Å². The van der Waals surface area contributed by atoms with Crippen molar-refractivity contribution in [2.75, 3.05) is 33.7 Å². The topological polar surface area (TPSA) is 44.4 Å². The number of amides is 1. The van der Waals surface area contributed by atoms with Crippen LogP contribution in [0.2, 0.25) is 0 Å². The SMILES string of the molecule is CCN(C)C(C(=O)NCCCNC)c1ccccc1. The summed E-state index contributed by atoms with van der Waals surface area (Å²) in [5.41, 5.74) is 1.04. The number of likely N-dealkylation sites (N-methyl/N-ethyl adjacent to an activating group) is 1. The zero-order valence-electron chi connectivity index (χ0n) is 12.1. The Morgan fingerprint density at radius 3 is 2.53 bits per heavy atom. The molecule has 0 aromatic heterocycles. The lowest BCUT2D eigenvalue weighted by Gasteiger charge is -2.26. The molecule has 106 valence electrons. The Balaban J connectivity index is 2.67. The summed E-state index contributed by atoms with van der Waals surface area (Å²) in [4.78, 5) is 14.4. The van der Waals surface area contributed by atoms with Crippen molar-refractivity contribution in [2.24, 2.45) is 0 Å². The first-order chi connectivity index (χ1) is 9.20. The van der Waals surface area contributed by atoms with Crippen molar-refractivity contribution in [3.63, 3.8) is 0 Å². The van der Waals surface area contributed by atoms with E-state index in [1.165, 1.54) is 0 Å². The predicted molar refractivity (Wildman–Crippen MR) is 79.0 cm³/mol. The number of hydrogen-bond acceptors (Lipinski definition) is 3. The predicted octanol–water partition coefficient (Wildman–Crippen LogP) is 1.41. The Bertz CT molecular complexity index is 367. The van der Waals surface area contributed by atoms with Gasteiger partial charge in [-0.2, -0.15) is 0 Å². The first-order valence-corrected chi connectivity index (χ1v) is 6.88. The minimum atomic E-state index is -0.208. The fourth-order valence-electron chi connectivity index (χ4n) is 2.00. The third kappa shape index (κ3) is 5.01. The Kier molecular flexibility index (Phi) is 7.15. The van der Waals surface area contributed by atoms with Gasteiger partial charge in [-0.05, 0) is 39.2 Å². The Morgan fingerprint density at radius 2 is 1.95 bits per heavy atom. The number of hydrogen-bond donors (Lipinski definition) is 2. The second kappa shape index (κ2) is 8.67. The van der Waals surface area contributed by atoms with Crippen LogP contribution in [0, 0.1) is 0 Å². The van der Waals surface area contributed by atoms with Gasteiger partial charge >= 0.3 is 0 Å². The molecular formula is C15H25N3O. The lowest BCUT2D eigenvalue weighted by Crippen LogP contribution is -2.39. The molecule has 0 saturated carbocycles. The average Bonchev–Trinajstić information content (AvgIpc) is 2.45. The van der Waals surface area contributed by atoms with Crippen LogP contribution in [0.3, 0.4) is 0 Å². The third-order valence-corrected chi connectivity index (χ3v) is 3.21.